The van der Waals surface area contributed by atoms with E-state index in [-0.39, 0.29) is 37.7 Å². The number of methoxy groups -OCH3 is 1. The number of hydrogen-bond donors (Lipinski definition) is 0. The number of benzene rings is 1. The summed E-state index contributed by atoms with van der Waals surface area (Å²) in [5, 5.41) is 0. The van der Waals surface area contributed by atoms with E-state index in [9.17, 15) is 4.79 Å². The fourth-order valence-corrected chi connectivity index (χ4v) is 2.60. The van der Waals surface area contributed by atoms with Gasteiger partial charge in [0.1, 0.15) is 5.75 Å². The summed E-state index contributed by atoms with van der Waals surface area (Å²) in [6, 6.07) is 4.10. The van der Waals surface area contributed by atoms with Crippen LogP contribution < -0.4 is 4.74 Å². The molecule has 29 heavy (non-hydrogen) atoms. The van der Waals surface area contributed by atoms with E-state index in [1.54, 1.807) is 19.3 Å². The monoisotopic (exact) mass is 432 g/mol. The Labute approximate surface area is 187 Å². The molecule has 0 aliphatic heterocycles. The van der Waals surface area contributed by atoms with Crippen molar-refractivity contribution in [2.75, 3.05) is 7.11 Å². The van der Waals surface area contributed by atoms with E-state index < -0.39 is 0 Å². The molecule has 156 valence electrons. The second kappa shape index (κ2) is 15.6. The molecule has 1 aromatic rings. The van der Waals surface area contributed by atoms with Gasteiger partial charge in [-0.25, -0.2) is 0 Å². The molecule has 0 spiro atoms. The van der Waals surface area contributed by atoms with Crippen LogP contribution in [-0.2, 0) is 21.9 Å². The molecule has 2 nitrogen and oxygen atoms in total. The zero-order valence-corrected chi connectivity index (χ0v) is 19.2. The van der Waals surface area contributed by atoms with Crippen LogP contribution in [0.4, 0.5) is 0 Å². The van der Waals surface area contributed by atoms with Crippen LogP contribution >= 0.6 is 0 Å². The van der Waals surface area contributed by atoms with Gasteiger partial charge in [0.25, 0.3) is 0 Å². The van der Waals surface area contributed by atoms with Gasteiger partial charge in [0.05, 0.1) is 7.11 Å². The molecule has 0 N–H and O–H groups in total. The molecule has 0 unspecified atom stereocenters. The number of carbonyl (C=O) groups excluding carboxylic acids is 1. The second-order valence-electron chi connectivity index (χ2n) is 6.14. The molecular weight excluding hydrogens is 400 g/mol. The normalized spacial score (nSPS) is 13.3. The van der Waals surface area contributed by atoms with Gasteiger partial charge in [0.2, 0.25) is 0 Å². The maximum atomic E-state index is 11.8. The fourth-order valence-electron chi connectivity index (χ4n) is 2.60. The molecule has 0 bridgehead atoms. The third-order valence-electron chi connectivity index (χ3n) is 4.22. The molecule has 0 atom stereocenters. The van der Waals surface area contributed by atoms with Crippen molar-refractivity contribution in [2.24, 2.45) is 0 Å². The van der Waals surface area contributed by atoms with Crippen molar-refractivity contribution in [3.8, 4) is 5.75 Å². The number of ether oxygens (including phenoxy) is 1. The first-order valence-electron chi connectivity index (χ1n) is 8.84. The van der Waals surface area contributed by atoms with Crippen molar-refractivity contribution in [1.82, 2.24) is 0 Å². The molecule has 2 aliphatic rings. The molecule has 1 aromatic carbocycles. The summed E-state index contributed by atoms with van der Waals surface area (Å²) >= 11 is 0. The smallest absolute Gasteiger partial charge is 0.496 e. The summed E-state index contributed by atoms with van der Waals surface area (Å²) in [6.07, 6.45) is 23.4. The second-order valence-corrected chi connectivity index (χ2v) is 6.14. The van der Waals surface area contributed by atoms with Crippen molar-refractivity contribution in [3.05, 3.63) is 110 Å². The van der Waals surface area contributed by atoms with Gasteiger partial charge >= 0.3 is 17.1 Å². The molecule has 2 aliphatic carbocycles. The third-order valence-corrected chi connectivity index (χ3v) is 4.22. The molecular formula is C26H32FeO2. The van der Waals surface area contributed by atoms with Gasteiger partial charge in [-0.1, -0.05) is 66.8 Å². The summed E-state index contributed by atoms with van der Waals surface area (Å²) in [5.74, 6) is 0.932. The summed E-state index contributed by atoms with van der Waals surface area (Å²) < 4.78 is 5.36. The number of hydrogen-bond acceptors (Lipinski definition) is 2. The molecule has 0 saturated carbocycles. The van der Waals surface area contributed by atoms with E-state index in [1.165, 1.54) is 5.56 Å². The maximum Gasteiger partial charge on any atom is 2.00 e. The number of ketones is 1. The van der Waals surface area contributed by atoms with Gasteiger partial charge in [-0.05, 0) is 55.5 Å². The molecule has 0 aromatic heterocycles. The minimum Gasteiger partial charge on any atom is -0.496 e. The predicted molar refractivity (Wildman–Crippen MR) is 123 cm³/mol. The van der Waals surface area contributed by atoms with E-state index in [4.69, 9.17) is 4.74 Å². The molecule has 0 radical (unpaired) electrons. The van der Waals surface area contributed by atoms with Gasteiger partial charge in [-0.3, -0.25) is 4.79 Å². The van der Waals surface area contributed by atoms with E-state index >= 15 is 0 Å². The summed E-state index contributed by atoms with van der Waals surface area (Å²) in [5.41, 5.74) is 4.18. The topological polar surface area (TPSA) is 26.3 Å². The number of aryl methyl sites for hydroxylation is 1. The van der Waals surface area contributed by atoms with Crippen LogP contribution in [-0.4, -0.2) is 12.9 Å². The van der Waals surface area contributed by atoms with E-state index in [0.29, 0.717) is 0 Å². The minimum absolute atomic E-state index is 0. The first kappa shape index (κ1) is 28.9. The van der Waals surface area contributed by atoms with Crippen LogP contribution in [0.2, 0.25) is 0 Å². The SMILES string of the molecule is C1=CCC=C1.COc1cc(/C=C/C=C/C(=O)C2=CCC=C2)cc(C)c1C.[CH3-].[CH3-].[Fe+2]. The van der Waals surface area contributed by atoms with Crippen molar-refractivity contribution >= 4 is 11.9 Å². The van der Waals surface area contributed by atoms with Crippen LogP contribution in [0.1, 0.15) is 29.5 Å². The van der Waals surface area contributed by atoms with Crippen LogP contribution in [0.3, 0.4) is 0 Å². The summed E-state index contributed by atoms with van der Waals surface area (Å²) in [4.78, 5) is 11.8. The average molecular weight is 432 g/mol. The Morgan fingerprint density at radius 1 is 1.00 bits per heavy atom. The van der Waals surface area contributed by atoms with Crippen molar-refractivity contribution in [1.29, 1.82) is 0 Å². The fraction of sp³-hybridized carbons (Fsp3) is 0.192. The first-order chi connectivity index (χ1) is 12.6. The van der Waals surface area contributed by atoms with Gasteiger partial charge in [0.15, 0.2) is 5.78 Å². The Balaban J connectivity index is 0. The van der Waals surface area contributed by atoms with Crippen LogP contribution in [0, 0.1) is 28.7 Å². The molecule has 0 fully saturated rings. The Morgan fingerprint density at radius 3 is 2.21 bits per heavy atom. The molecule has 0 saturated heterocycles. The Bertz CT molecular complexity index is 811. The molecule has 0 heterocycles. The third kappa shape index (κ3) is 9.60. The summed E-state index contributed by atoms with van der Waals surface area (Å²) in [6.45, 7) is 4.11. The van der Waals surface area contributed by atoms with Crippen LogP contribution in [0.25, 0.3) is 6.08 Å². The van der Waals surface area contributed by atoms with Crippen LogP contribution in [0.5, 0.6) is 5.75 Å². The number of rotatable bonds is 5. The zero-order chi connectivity index (χ0) is 18.8. The zero-order valence-electron chi connectivity index (χ0n) is 18.1. The van der Waals surface area contributed by atoms with E-state index in [2.05, 4.69) is 37.3 Å². The Kier molecular flexibility index (Phi) is 15.5. The van der Waals surface area contributed by atoms with Gasteiger partial charge in [-0.15, -0.1) is 0 Å². The Hall–Kier alpha value is -2.35. The largest absolute Gasteiger partial charge is 2.00 e. The standard InChI is InChI=1S/C19H20O2.C5H6.2CH3.Fe/c1-14-12-16(13-19(21-3)15(14)2)8-4-7-11-18(20)17-9-5-6-10-17;1-2-4-5-3-1;;;/h4-5,7-13H,6H2,1-3H3;1-4H,5H2;2*1H3;/q;;2*-1;+2/b8-4+,11-7+;;;;. The number of allylic oxidation sites excluding steroid dienone is 11. The number of carbonyl (C=O) groups is 1. The Morgan fingerprint density at radius 2 is 1.69 bits per heavy atom. The van der Waals surface area contributed by atoms with Crippen LogP contribution in [0.15, 0.2) is 78.5 Å². The van der Waals surface area contributed by atoms with Gasteiger partial charge < -0.3 is 19.6 Å². The van der Waals surface area contributed by atoms with Crippen molar-refractivity contribution in [3.63, 3.8) is 0 Å². The molecule has 0 amide bonds. The van der Waals surface area contributed by atoms with Crippen molar-refractivity contribution in [2.45, 2.75) is 26.7 Å². The average Bonchev–Trinajstić information content (AvgIpc) is 3.37. The van der Waals surface area contributed by atoms with Gasteiger partial charge in [-0.2, -0.15) is 0 Å². The molecule has 3 rings (SSSR count). The van der Waals surface area contributed by atoms with E-state index in [1.807, 2.05) is 43.4 Å². The molecule has 3 heteroatoms. The predicted octanol–water partition coefficient (Wildman–Crippen LogP) is 6.74. The quantitative estimate of drug-likeness (QED) is 0.223. The van der Waals surface area contributed by atoms with Crippen molar-refractivity contribution < 1.29 is 26.6 Å². The first-order valence-corrected chi connectivity index (χ1v) is 8.84. The maximum absolute atomic E-state index is 11.8. The summed E-state index contributed by atoms with van der Waals surface area (Å²) in [7, 11) is 1.68. The minimum atomic E-state index is 0. The van der Waals surface area contributed by atoms with E-state index in [0.717, 1.165) is 35.3 Å². The van der Waals surface area contributed by atoms with Gasteiger partial charge in [0, 0.05) is 5.57 Å².